The molecule has 0 spiro atoms. The molecular weight excluding hydrogens is 474 g/mol. The Hall–Kier alpha value is -3.23. The Morgan fingerprint density at radius 2 is 1.79 bits per heavy atom. The normalized spacial score (nSPS) is 10.7. The van der Waals surface area contributed by atoms with Crippen molar-refractivity contribution in [3.05, 3.63) is 96.7 Å². The number of rotatable bonds is 10. The van der Waals surface area contributed by atoms with Gasteiger partial charge in [0.25, 0.3) is 11.6 Å². The van der Waals surface area contributed by atoms with Gasteiger partial charge in [0.2, 0.25) is 5.91 Å². The number of carbonyl (C=O) groups is 2. The van der Waals surface area contributed by atoms with Crippen LogP contribution in [0.1, 0.15) is 39.7 Å². The summed E-state index contributed by atoms with van der Waals surface area (Å²) in [4.78, 5) is 41.5. The van der Waals surface area contributed by atoms with Gasteiger partial charge in [0.15, 0.2) is 0 Å². The average molecular weight is 500 g/mol. The minimum Gasteiger partial charge on any atom is -0.332 e. The highest BCUT2D eigenvalue weighted by molar-refractivity contribution is 7.10. The fourth-order valence-electron chi connectivity index (χ4n) is 3.53. The molecule has 9 heteroatoms. The standard InChI is InChI=1S/C25H26ClN3O4S/c1-3-12-27(25(31)20-9-10-21(26)22(14-20)29(32)33)17-24(30)28(15-19-7-5-4-6-8-19)16-23-18(2)11-13-34-23/h4-11,13-14H,3,12,15-17H2,1-2H3. The van der Waals surface area contributed by atoms with Gasteiger partial charge < -0.3 is 9.80 Å². The first-order chi connectivity index (χ1) is 16.3. The van der Waals surface area contributed by atoms with Crippen LogP contribution in [0.2, 0.25) is 5.02 Å². The zero-order valence-electron chi connectivity index (χ0n) is 19.1. The first-order valence-electron chi connectivity index (χ1n) is 10.9. The van der Waals surface area contributed by atoms with Crippen molar-refractivity contribution in [2.24, 2.45) is 0 Å². The van der Waals surface area contributed by atoms with Crippen molar-refractivity contribution in [3.8, 4) is 0 Å². The number of halogens is 1. The highest BCUT2D eigenvalue weighted by Crippen LogP contribution is 2.26. The summed E-state index contributed by atoms with van der Waals surface area (Å²) < 4.78 is 0. The fourth-order valence-corrected chi connectivity index (χ4v) is 4.64. The second kappa shape index (κ2) is 11.8. The second-order valence-electron chi connectivity index (χ2n) is 7.91. The molecular formula is C25H26ClN3O4S. The summed E-state index contributed by atoms with van der Waals surface area (Å²) >= 11 is 7.49. The van der Waals surface area contributed by atoms with Crippen LogP contribution in [0.4, 0.5) is 5.69 Å². The van der Waals surface area contributed by atoms with Crippen molar-refractivity contribution in [1.29, 1.82) is 0 Å². The van der Waals surface area contributed by atoms with Gasteiger partial charge in [-0.3, -0.25) is 19.7 Å². The summed E-state index contributed by atoms with van der Waals surface area (Å²) in [7, 11) is 0. The van der Waals surface area contributed by atoms with Crippen molar-refractivity contribution in [2.45, 2.75) is 33.4 Å². The number of amides is 2. The summed E-state index contributed by atoms with van der Waals surface area (Å²) in [6.07, 6.45) is 0.636. The summed E-state index contributed by atoms with van der Waals surface area (Å²) in [5, 5.41) is 13.2. The Bertz CT molecular complexity index is 1170. The minimum atomic E-state index is -0.626. The van der Waals surface area contributed by atoms with E-state index in [1.165, 1.54) is 17.0 Å². The van der Waals surface area contributed by atoms with Gasteiger partial charge in [-0.25, -0.2) is 0 Å². The molecule has 0 radical (unpaired) electrons. The molecule has 0 aliphatic rings. The maximum absolute atomic E-state index is 13.4. The van der Waals surface area contributed by atoms with Crippen LogP contribution in [0.5, 0.6) is 0 Å². The fraction of sp³-hybridized carbons (Fsp3) is 0.280. The molecule has 0 N–H and O–H groups in total. The Balaban J connectivity index is 1.84. The first-order valence-corrected chi connectivity index (χ1v) is 12.1. The molecule has 34 heavy (non-hydrogen) atoms. The molecule has 178 valence electrons. The average Bonchev–Trinajstić information content (AvgIpc) is 3.23. The van der Waals surface area contributed by atoms with Crippen molar-refractivity contribution in [1.82, 2.24) is 9.80 Å². The van der Waals surface area contributed by atoms with E-state index in [2.05, 4.69) is 0 Å². The van der Waals surface area contributed by atoms with Gasteiger partial charge >= 0.3 is 0 Å². The highest BCUT2D eigenvalue weighted by Gasteiger charge is 2.25. The van der Waals surface area contributed by atoms with E-state index in [0.717, 1.165) is 22.1 Å². The third-order valence-electron chi connectivity index (χ3n) is 5.37. The largest absolute Gasteiger partial charge is 0.332 e. The summed E-state index contributed by atoms with van der Waals surface area (Å²) in [6, 6.07) is 15.7. The minimum absolute atomic E-state index is 0.0416. The molecule has 0 unspecified atom stereocenters. The van der Waals surface area contributed by atoms with Crippen LogP contribution < -0.4 is 0 Å². The number of hydrogen-bond donors (Lipinski definition) is 0. The maximum atomic E-state index is 13.4. The van der Waals surface area contributed by atoms with Gasteiger partial charge in [-0.2, -0.15) is 0 Å². The second-order valence-corrected chi connectivity index (χ2v) is 9.32. The molecule has 1 aromatic heterocycles. The number of nitro groups is 1. The first kappa shape index (κ1) is 25.4. The Kier molecular flexibility index (Phi) is 8.79. The van der Waals surface area contributed by atoms with E-state index in [1.807, 2.05) is 55.6 Å². The Morgan fingerprint density at radius 1 is 1.06 bits per heavy atom. The Labute approximate surface area is 207 Å². The van der Waals surface area contributed by atoms with Crippen molar-refractivity contribution < 1.29 is 14.5 Å². The third-order valence-corrected chi connectivity index (χ3v) is 6.70. The maximum Gasteiger partial charge on any atom is 0.288 e. The number of benzene rings is 2. The van der Waals surface area contributed by atoms with Crippen LogP contribution in [0.25, 0.3) is 0 Å². The van der Waals surface area contributed by atoms with E-state index in [-0.39, 0.29) is 28.7 Å². The zero-order chi connectivity index (χ0) is 24.7. The predicted octanol–water partition coefficient (Wildman–Crippen LogP) is 5.70. The summed E-state index contributed by atoms with van der Waals surface area (Å²) in [5.41, 5.74) is 1.90. The molecule has 3 rings (SSSR count). The van der Waals surface area contributed by atoms with Crippen LogP contribution in [0.3, 0.4) is 0 Å². The van der Waals surface area contributed by atoms with Gasteiger partial charge in [0, 0.05) is 29.6 Å². The van der Waals surface area contributed by atoms with Gasteiger partial charge in [0.1, 0.15) is 11.6 Å². The van der Waals surface area contributed by atoms with Crippen LogP contribution in [0, 0.1) is 17.0 Å². The molecule has 2 aromatic carbocycles. The van der Waals surface area contributed by atoms with Gasteiger partial charge in [-0.05, 0) is 48.1 Å². The number of carbonyl (C=O) groups excluding carboxylic acids is 2. The van der Waals surface area contributed by atoms with Gasteiger partial charge in [-0.1, -0.05) is 48.9 Å². The van der Waals surface area contributed by atoms with E-state index in [4.69, 9.17) is 11.6 Å². The molecule has 0 aliphatic carbocycles. The van der Waals surface area contributed by atoms with Gasteiger partial charge in [0.05, 0.1) is 11.5 Å². The molecule has 7 nitrogen and oxygen atoms in total. The molecule has 3 aromatic rings. The molecule has 0 fully saturated rings. The van der Waals surface area contributed by atoms with Crippen molar-refractivity contribution >= 4 is 40.4 Å². The molecule has 0 saturated heterocycles. The zero-order valence-corrected chi connectivity index (χ0v) is 20.6. The molecule has 0 aliphatic heterocycles. The number of hydrogen-bond acceptors (Lipinski definition) is 5. The van der Waals surface area contributed by atoms with Crippen LogP contribution >= 0.6 is 22.9 Å². The summed E-state index contributed by atoms with van der Waals surface area (Å²) in [5.74, 6) is -0.635. The monoisotopic (exact) mass is 499 g/mol. The lowest BCUT2D eigenvalue weighted by atomic mass is 10.1. The van der Waals surface area contributed by atoms with Crippen LogP contribution in [-0.4, -0.2) is 39.6 Å². The number of aryl methyl sites for hydroxylation is 1. The van der Waals surface area contributed by atoms with Crippen LogP contribution in [0.15, 0.2) is 60.0 Å². The van der Waals surface area contributed by atoms with E-state index >= 15 is 0 Å². The molecule has 0 bridgehead atoms. The Morgan fingerprint density at radius 3 is 2.41 bits per heavy atom. The molecule has 0 saturated carbocycles. The predicted molar refractivity (Wildman–Crippen MR) is 134 cm³/mol. The van der Waals surface area contributed by atoms with Crippen LogP contribution in [-0.2, 0) is 17.9 Å². The topological polar surface area (TPSA) is 83.8 Å². The quantitative estimate of drug-likeness (QED) is 0.264. The molecule has 1 heterocycles. The third kappa shape index (κ3) is 6.42. The SMILES string of the molecule is CCCN(CC(=O)N(Cc1ccccc1)Cc1sccc1C)C(=O)c1ccc(Cl)c([N+](=O)[O-])c1. The smallest absolute Gasteiger partial charge is 0.288 e. The lowest BCUT2D eigenvalue weighted by Crippen LogP contribution is -2.42. The molecule has 2 amide bonds. The highest BCUT2D eigenvalue weighted by atomic mass is 35.5. The summed E-state index contributed by atoms with van der Waals surface area (Å²) in [6.45, 7) is 5.00. The van der Waals surface area contributed by atoms with E-state index in [0.29, 0.717) is 26.1 Å². The number of thiophene rings is 1. The number of nitro benzene ring substituents is 1. The van der Waals surface area contributed by atoms with Gasteiger partial charge in [-0.15, -0.1) is 11.3 Å². The lowest BCUT2D eigenvalue weighted by molar-refractivity contribution is -0.384. The van der Waals surface area contributed by atoms with Crippen molar-refractivity contribution in [2.75, 3.05) is 13.1 Å². The van der Waals surface area contributed by atoms with E-state index in [9.17, 15) is 19.7 Å². The van der Waals surface area contributed by atoms with Crippen molar-refractivity contribution in [3.63, 3.8) is 0 Å². The lowest BCUT2D eigenvalue weighted by Gasteiger charge is -2.28. The number of nitrogens with zero attached hydrogens (tertiary/aromatic N) is 3. The van der Waals surface area contributed by atoms with E-state index < -0.39 is 10.8 Å². The van der Waals surface area contributed by atoms with E-state index in [1.54, 1.807) is 16.2 Å². The molecule has 0 atom stereocenters.